The van der Waals surface area contributed by atoms with E-state index < -0.39 is 22.1 Å². The van der Waals surface area contributed by atoms with Crippen molar-refractivity contribution in [1.82, 2.24) is 9.13 Å². The Morgan fingerprint density at radius 1 is 1.21 bits per heavy atom. The van der Waals surface area contributed by atoms with E-state index in [0.29, 0.717) is 17.4 Å². The van der Waals surface area contributed by atoms with E-state index in [1.165, 1.54) is 22.9 Å². The van der Waals surface area contributed by atoms with Gasteiger partial charge < -0.3 is 4.57 Å². The van der Waals surface area contributed by atoms with E-state index in [9.17, 15) is 24.5 Å². The second-order valence-corrected chi connectivity index (χ2v) is 4.88. The summed E-state index contributed by atoms with van der Waals surface area (Å²) in [6.07, 6.45) is 7.44. The van der Waals surface area contributed by atoms with Crippen LogP contribution in [0.2, 0.25) is 0 Å². The van der Waals surface area contributed by atoms with Crippen molar-refractivity contribution in [2.24, 2.45) is 0 Å². The van der Waals surface area contributed by atoms with Gasteiger partial charge in [-0.15, -0.1) is 12.3 Å². The van der Waals surface area contributed by atoms with Gasteiger partial charge >= 0.3 is 5.69 Å². The Morgan fingerprint density at radius 2 is 1.88 bits per heavy atom. The van der Waals surface area contributed by atoms with Crippen molar-refractivity contribution in [3.8, 4) is 12.3 Å². The third kappa shape index (κ3) is 3.47. The summed E-state index contributed by atoms with van der Waals surface area (Å²) in [5.41, 5.74) is -1.74. The number of hydrogen-bond donors (Lipinski definition) is 0. The van der Waals surface area contributed by atoms with Crippen LogP contribution >= 0.6 is 0 Å². The molecule has 0 aliphatic heterocycles. The third-order valence-electron chi connectivity index (χ3n) is 3.30. The lowest BCUT2D eigenvalue weighted by Gasteiger charge is -2.08. The standard InChI is InChI=1S/C16H13N3O5/c1-2-3-4-10-17-11-9-14(20)18(16(17)22)15(21)12-5-7-13(8-6-12)19(23)24/h1,5-9,11H,3-4,10H2. The lowest BCUT2D eigenvalue weighted by molar-refractivity contribution is -0.384. The number of hydrogen-bond acceptors (Lipinski definition) is 5. The molecule has 24 heavy (non-hydrogen) atoms. The van der Waals surface area contributed by atoms with Gasteiger partial charge in [0.2, 0.25) is 0 Å². The average molecular weight is 327 g/mol. The highest BCUT2D eigenvalue weighted by atomic mass is 16.6. The molecule has 0 aliphatic rings. The largest absolute Gasteiger partial charge is 0.338 e. The third-order valence-corrected chi connectivity index (χ3v) is 3.30. The zero-order valence-corrected chi connectivity index (χ0v) is 12.5. The molecule has 1 heterocycles. The number of carbonyl (C=O) groups excluding carboxylic acids is 1. The number of non-ortho nitro benzene ring substituents is 1. The van der Waals surface area contributed by atoms with Gasteiger partial charge in [-0.25, -0.2) is 4.79 Å². The maximum absolute atomic E-state index is 12.4. The molecular formula is C16H13N3O5. The van der Waals surface area contributed by atoms with Gasteiger partial charge in [-0.2, -0.15) is 4.57 Å². The molecule has 0 unspecified atom stereocenters. The quantitative estimate of drug-likeness (QED) is 0.353. The predicted molar refractivity (Wildman–Crippen MR) is 85.9 cm³/mol. The summed E-state index contributed by atoms with van der Waals surface area (Å²) in [6.45, 7) is 0.275. The predicted octanol–water partition coefficient (Wildman–Crippen LogP) is 1.02. The van der Waals surface area contributed by atoms with Crippen LogP contribution in [0.15, 0.2) is 46.1 Å². The Balaban J connectivity index is 2.40. The van der Waals surface area contributed by atoms with Gasteiger partial charge in [0.05, 0.1) is 4.92 Å². The van der Waals surface area contributed by atoms with E-state index in [0.717, 1.165) is 18.2 Å². The molecule has 0 spiro atoms. The number of aromatic nitrogens is 2. The molecule has 0 saturated carbocycles. The topological polar surface area (TPSA) is 104 Å². The summed E-state index contributed by atoms with van der Waals surface area (Å²) in [4.78, 5) is 46.6. The number of unbranched alkanes of at least 4 members (excludes halogenated alkanes) is 1. The normalized spacial score (nSPS) is 10.1. The summed E-state index contributed by atoms with van der Waals surface area (Å²) in [5.74, 6) is 1.60. The maximum Gasteiger partial charge on any atom is 0.338 e. The Hall–Kier alpha value is -3.47. The van der Waals surface area contributed by atoms with Gasteiger partial charge in [0.25, 0.3) is 17.2 Å². The van der Waals surface area contributed by atoms with Gasteiger partial charge in [-0.1, -0.05) is 0 Å². The van der Waals surface area contributed by atoms with Crippen LogP contribution in [0.1, 0.15) is 23.2 Å². The summed E-state index contributed by atoms with van der Waals surface area (Å²) < 4.78 is 1.72. The highest BCUT2D eigenvalue weighted by molar-refractivity contribution is 5.95. The number of nitro benzene ring substituents is 1. The zero-order chi connectivity index (χ0) is 17.7. The molecule has 0 atom stereocenters. The molecule has 0 amide bonds. The zero-order valence-electron chi connectivity index (χ0n) is 12.5. The number of carbonyl (C=O) groups is 1. The molecule has 0 saturated heterocycles. The molecule has 0 bridgehead atoms. The molecular weight excluding hydrogens is 314 g/mol. The van der Waals surface area contributed by atoms with E-state index in [1.807, 2.05) is 0 Å². The van der Waals surface area contributed by atoms with E-state index in [1.54, 1.807) is 0 Å². The van der Waals surface area contributed by atoms with Crippen LogP contribution < -0.4 is 11.2 Å². The van der Waals surface area contributed by atoms with Crippen LogP contribution in [0, 0.1) is 22.5 Å². The number of nitrogens with zero attached hydrogens (tertiary/aromatic N) is 3. The van der Waals surface area contributed by atoms with Gasteiger partial charge in [0, 0.05) is 42.9 Å². The molecule has 122 valence electrons. The van der Waals surface area contributed by atoms with Crippen LogP contribution in [0.25, 0.3) is 0 Å². The molecule has 2 rings (SSSR count). The van der Waals surface area contributed by atoms with E-state index in [4.69, 9.17) is 6.42 Å². The van der Waals surface area contributed by atoms with Crippen molar-refractivity contribution < 1.29 is 9.72 Å². The molecule has 8 heteroatoms. The van der Waals surface area contributed by atoms with Crippen LogP contribution in [-0.2, 0) is 6.54 Å². The Bertz CT molecular complexity index is 932. The minimum absolute atomic E-state index is 0.00109. The molecule has 0 fully saturated rings. The van der Waals surface area contributed by atoms with E-state index in [-0.39, 0.29) is 17.8 Å². The minimum Gasteiger partial charge on any atom is -0.300 e. The van der Waals surface area contributed by atoms with Crippen LogP contribution in [0.5, 0.6) is 0 Å². The molecule has 0 aliphatic carbocycles. The molecule has 0 N–H and O–H groups in total. The first-order valence-corrected chi connectivity index (χ1v) is 7.01. The molecule has 2 aromatic rings. The Morgan fingerprint density at radius 3 is 2.46 bits per heavy atom. The van der Waals surface area contributed by atoms with Gasteiger partial charge in [0.15, 0.2) is 0 Å². The lowest BCUT2D eigenvalue weighted by atomic mass is 10.2. The number of nitro groups is 1. The van der Waals surface area contributed by atoms with Crippen molar-refractivity contribution in [3.05, 3.63) is 73.0 Å². The molecule has 0 radical (unpaired) electrons. The monoisotopic (exact) mass is 327 g/mol. The van der Waals surface area contributed by atoms with Crippen molar-refractivity contribution in [2.45, 2.75) is 19.4 Å². The maximum atomic E-state index is 12.4. The van der Waals surface area contributed by atoms with Crippen molar-refractivity contribution in [1.29, 1.82) is 0 Å². The summed E-state index contributed by atoms with van der Waals surface area (Å²) >= 11 is 0. The summed E-state index contributed by atoms with van der Waals surface area (Å²) in [5, 5.41) is 10.6. The fraction of sp³-hybridized carbons (Fsp3) is 0.188. The summed E-state index contributed by atoms with van der Waals surface area (Å²) in [6, 6.07) is 5.77. The minimum atomic E-state index is -0.841. The number of terminal acetylenes is 1. The fourth-order valence-corrected chi connectivity index (χ4v) is 2.08. The van der Waals surface area contributed by atoms with Gasteiger partial charge in [-0.05, 0) is 18.6 Å². The van der Waals surface area contributed by atoms with Crippen LogP contribution in [-0.4, -0.2) is 20.0 Å². The Kier molecular flexibility index (Phi) is 5.06. The van der Waals surface area contributed by atoms with Crippen LogP contribution in [0.3, 0.4) is 0 Å². The molecule has 1 aromatic carbocycles. The van der Waals surface area contributed by atoms with Crippen molar-refractivity contribution in [3.63, 3.8) is 0 Å². The highest BCUT2D eigenvalue weighted by Gasteiger charge is 2.16. The fourth-order valence-electron chi connectivity index (χ4n) is 2.08. The lowest BCUT2D eigenvalue weighted by Crippen LogP contribution is -2.43. The van der Waals surface area contributed by atoms with Crippen molar-refractivity contribution in [2.75, 3.05) is 0 Å². The first kappa shape index (κ1) is 16.9. The number of rotatable bonds is 5. The SMILES string of the molecule is C#CCCCn1ccc(=O)n(C(=O)c2ccc([N+](=O)[O-])cc2)c1=O. The average Bonchev–Trinajstić information content (AvgIpc) is 2.57. The first-order chi connectivity index (χ1) is 11.5. The van der Waals surface area contributed by atoms with Gasteiger partial charge in [-0.3, -0.25) is 19.7 Å². The molecule has 8 nitrogen and oxygen atoms in total. The number of aryl methyl sites for hydroxylation is 1. The van der Waals surface area contributed by atoms with Crippen LogP contribution in [0.4, 0.5) is 5.69 Å². The summed E-state index contributed by atoms with van der Waals surface area (Å²) in [7, 11) is 0. The second kappa shape index (κ2) is 7.19. The smallest absolute Gasteiger partial charge is 0.300 e. The van der Waals surface area contributed by atoms with E-state index >= 15 is 0 Å². The van der Waals surface area contributed by atoms with E-state index in [2.05, 4.69) is 5.92 Å². The highest BCUT2D eigenvalue weighted by Crippen LogP contribution is 2.12. The second-order valence-electron chi connectivity index (χ2n) is 4.88. The van der Waals surface area contributed by atoms with Crippen molar-refractivity contribution >= 4 is 11.6 Å². The number of benzene rings is 1. The molecule has 1 aromatic heterocycles. The first-order valence-electron chi connectivity index (χ1n) is 7.01. The Labute approximate surface area is 136 Å². The van der Waals surface area contributed by atoms with Gasteiger partial charge in [0.1, 0.15) is 0 Å².